The van der Waals surface area contributed by atoms with E-state index in [0.717, 1.165) is 0 Å². The first-order chi connectivity index (χ1) is 9.59. The fourth-order valence-electron chi connectivity index (χ4n) is 1.92. The predicted molar refractivity (Wildman–Crippen MR) is 72.4 cm³/mol. The van der Waals surface area contributed by atoms with Crippen molar-refractivity contribution in [2.24, 2.45) is 7.05 Å². The quantitative estimate of drug-likeness (QED) is 0.851. The third-order valence-electron chi connectivity index (χ3n) is 3.02. The number of aliphatic carboxylic acids is 1. The van der Waals surface area contributed by atoms with Crippen LogP contribution in [0, 0.1) is 0 Å². The number of carboxylic acids is 1. The van der Waals surface area contributed by atoms with Gasteiger partial charge in [0.15, 0.2) is 0 Å². The molecule has 0 spiro atoms. The van der Waals surface area contributed by atoms with Gasteiger partial charge in [0.25, 0.3) is 5.91 Å². The van der Waals surface area contributed by atoms with E-state index in [1.165, 1.54) is 10.9 Å². The minimum Gasteiger partial charge on any atom is -0.481 e. The molecule has 2 aromatic rings. The predicted octanol–water partition coefficient (Wildman–Crippen LogP) is 1.02. The third-order valence-corrected chi connectivity index (χ3v) is 3.02. The Hall–Kier alpha value is -2.63. The molecule has 0 aliphatic carbocycles. The van der Waals surface area contributed by atoms with Crippen molar-refractivity contribution in [2.45, 2.75) is 5.92 Å². The first kappa shape index (κ1) is 13.8. The summed E-state index contributed by atoms with van der Waals surface area (Å²) in [5, 5.41) is 15.8. The topological polar surface area (TPSA) is 84.2 Å². The van der Waals surface area contributed by atoms with E-state index >= 15 is 0 Å². The Labute approximate surface area is 116 Å². The Morgan fingerprint density at radius 1 is 1.30 bits per heavy atom. The van der Waals surface area contributed by atoms with Crippen molar-refractivity contribution < 1.29 is 14.7 Å². The SMILES string of the molecule is Cn1nccc1C(=O)NCC(C(=O)O)c1ccccc1. The van der Waals surface area contributed by atoms with Gasteiger partial charge < -0.3 is 10.4 Å². The molecule has 1 heterocycles. The van der Waals surface area contributed by atoms with Gasteiger partial charge in [0.2, 0.25) is 0 Å². The molecule has 2 N–H and O–H groups in total. The van der Waals surface area contributed by atoms with E-state index in [2.05, 4.69) is 10.4 Å². The monoisotopic (exact) mass is 273 g/mol. The highest BCUT2D eigenvalue weighted by Gasteiger charge is 2.21. The van der Waals surface area contributed by atoms with E-state index in [9.17, 15) is 14.7 Å². The molecule has 0 aliphatic heterocycles. The van der Waals surface area contributed by atoms with Gasteiger partial charge >= 0.3 is 5.97 Å². The molecule has 6 heteroatoms. The lowest BCUT2D eigenvalue weighted by molar-refractivity contribution is -0.138. The van der Waals surface area contributed by atoms with Crippen LogP contribution >= 0.6 is 0 Å². The van der Waals surface area contributed by atoms with Crippen LogP contribution in [0.2, 0.25) is 0 Å². The second-order valence-corrected chi connectivity index (χ2v) is 4.35. The summed E-state index contributed by atoms with van der Waals surface area (Å²) in [7, 11) is 1.65. The van der Waals surface area contributed by atoms with Crippen molar-refractivity contribution in [3.63, 3.8) is 0 Å². The van der Waals surface area contributed by atoms with Crippen LogP contribution in [-0.2, 0) is 11.8 Å². The lowest BCUT2D eigenvalue weighted by atomic mass is 9.99. The zero-order valence-electron chi connectivity index (χ0n) is 11.0. The summed E-state index contributed by atoms with van der Waals surface area (Å²) in [4.78, 5) is 23.2. The zero-order chi connectivity index (χ0) is 14.5. The number of carboxylic acid groups (broad SMARTS) is 1. The van der Waals surface area contributed by atoms with Gasteiger partial charge in [0.1, 0.15) is 5.69 Å². The van der Waals surface area contributed by atoms with Crippen LogP contribution in [-0.4, -0.2) is 33.3 Å². The molecule has 2 rings (SSSR count). The van der Waals surface area contributed by atoms with E-state index in [-0.39, 0.29) is 12.5 Å². The molecule has 6 nitrogen and oxygen atoms in total. The molecule has 0 fully saturated rings. The van der Waals surface area contributed by atoms with Crippen molar-refractivity contribution in [1.82, 2.24) is 15.1 Å². The van der Waals surface area contributed by atoms with E-state index in [4.69, 9.17) is 0 Å². The Balaban J connectivity index is 2.06. The molecule has 0 saturated heterocycles. The fraction of sp³-hybridized carbons (Fsp3) is 0.214. The molecule has 20 heavy (non-hydrogen) atoms. The minimum absolute atomic E-state index is 0.0311. The highest BCUT2D eigenvalue weighted by atomic mass is 16.4. The standard InChI is InChI=1S/C14H15N3O3/c1-17-12(7-8-16-17)13(18)15-9-11(14(19)20)10-5-3-2-4-6-10/h2-8,11H,9H2,1H3,(H,15,18)(H,19,20). The molecule has 1 unspecified atom stereocenters. The van der Waals surface area contributed by atoms with Crippen LogP contribution in [0.3, 0.4) is 0 Å². The summed E-state index contributed by atoms with van der Waals surface area (Å²) < 4.78 is 1.44. The van der Waals surface area contributed by atoms with Crippen LogP contribution in [0.25, 0.3) is 0 Å². The minimum atomic E-state index is -0.971. The number of hydrogen-bond donors (Lipinski definition) is 2. The Kier molecular flexibility index (Phi) is 4.14. The van der Waals surface area contributed by atoms with Crippen LogP contribution in [0.4, 0.5) is 0 Å². The van der Waals surface area contributed by atoms with Gasteiger partial charge in [0.05, 0.1) is 5.92 Å². The number of amides is 1. The van der Waals surface area contributed by atoms with Crippen LogP contribution in [0.5, 0.6) is 0 Å². The molecule has 0 saturated carbocycles. The van der Waals surface area contributed by atoms with E-state index < -0.39 is 11.9 Å². The Morgan fingerprint density at radius 2 is 2.00 bits per heavy atom. The van der Waals surface area contributed by atoms with Crippen LogP contribution in [0.1, 0.15) is 22.0 Å². The smallest absolute Gasteiger partial charge is 0.312 e. The van der Waals surface area contributed by atoms with Gasteiger partial charge in [-0.15, -0.1) is 0 Å². The van der Waals surface area contributed by atoms with Gasteiger partial charge in [-0.3, -0.25) is 14.3 Å². The molecule has 104 valence electrons. The molecule has 0 aliphatic rings. The average Bonchev–Trinajstić information content (AvgIpc) is 2.86. The van der Waals surface area contributed by atoms with Gasteiger partial charge in [-0.1, -0.05) is 30.3 Å². The number of aromatic nitrogens is 2. The molecule has 1 aromatic carbocycles. The number of carbonyl (C=O) groups excluding carboxylic acids is 1. The van der Waals surface area contributed by atoms with E-state index in [1.807, 2.05) is 6.07 Å². The molecule has 0 radical (unpaired) electrons. The molecular weight excluding hydrogens is 258 g/mol. The number of rotatable bonds is 5. The first-order valence-electron chi connectivity index (χ1n) is 6.13. The van der Waals surface area contributed by atoms with E-state index in [0.29, 0.717) is 11.3 Å². The average molecular weight is 273 g/mol. The number of carbonyl (C=O) groups is 2. The van der Waals surface area contributed by atoms with Crippen molar-refractivity contribution in [3.05, 3.63) is 53.9 Å². The van der Waals surface area contributed by atoms with Crippen LogP contribution < -0.4 is 5.32 Å². The number of benzene rings is 1. The molecule has 1 atom stereocenters. The maximum absolute atomic E-state index is 11.9. The first-order valence-corrected chi connectivity index (χ1v) is 6.13. The third kappa shape index (κ3) is 3.03. The van der Waals surface area contributed by atoms with Crippen molar-refractivity contribution in [3.8, 4) is 0 Å². The molecule has 0 bridgehead atoms. The highest BCUT2D eigenvalue weighted by Crippen LogP contribution is 2.14. The molecular formula is C14H15N3O3. The van der Waals surface area contributed by atoms with Crippen molar-refractivity contribution in [1.29, 1.82) is 0 Å². The summed E-state index contributed by atoms with van der Waals surface area (Å²) in [6, 6.07) is 10.4. The second kappa shape index (κ2) is 6.01. The van der Waals surface area contributed by atoms with Gasteiger partial charge in [-0.05, 0) is 11.6 Å². The number of nitrogens with one attached hydrogen (secondary N) is 1. The normalized spacial score (nSPS) is 11.8. The maximum atomic E-state index is 11.9. The van der Waals surface area contributed by atoms with Gasteiger partial charge in [0, 0.05) is 19.8 Å². The Bertz CT molecular complexity index is 607. The highest BCUT2D eigenvalue weighted by molar-refractivity contribution is 5.92. The van der Waals surface area contributed by atoms with Crippen LogP contribution in [0.15, 0.2) is 42.6 Å². The number of aryl methyl sites for hydroxylation is 1. The van der Waals surface area contributed by atoms with Gasteiger partial charge in [-0.2, -0.15) is 5.10 Å². The number of nitrogens with zero attached hydrogens (tertiary/aromatic N) is 2. The van der Waals surface area contributed by atoms with Gasteiger partial charge in [-0.25, -0.2) is 0 Å². The molecule has 1 aromatic heterocycles. The summed E-state index contributed by atoms with van der Waals surface area (Å²) >= 11 is 0. The lowest BCUT2D eigenvalue weighted by Crippen LogP contribution is -2.32. The number of hydrogen-bond acceptors (Lipinski definition) is 3. The molecule has 1 amide bonds. The van der Waals surface area contributed by atoms with E-state index in [1.54, 1.807) is 37.4 Å². The Morgan fingerprint density at radius 3 is 2.55 bits per heavy atom. The maximum Gasteiger partial charge on any atom is 0.312 e. The largest absolute Gasteiger partial charge is 0.481 e. The summed E-state index contributed by atoms with van der Waals surface area (Å²) in [5.74, 6) is -2.08. The summed E-state index contributed by atoms with van der Waals surface area (Å²) in [6.45, 7) is 0.0311. The second-order valence-electron chi connectivity index (χ2n) is 4.35. The zero-order valence-corrected chi connectivity index (χ0v) is 11.0. The fourth-order valence-corrected chi connectivity index (χ4v) is 1.92. The van der Waals surface area contributed by atoms with Crippen molar-refractivity contribution in [2.75, 3.05) is 6.54 Å². The lowest BCUT2D eigenvalue weighted by Gasteiger charge is -2.13. The van der Waals surface area contributed by atoms with Crippen molar-refractivity contribution >= 4 is 11.9 Å². The summed E-state index contributed by atoms with van der Waals surface area (Å²) in [6.07, 6.45) is 1.51. The summed E-state index contributed by atoms with van der Waals surface area (Å²) in [5.41, 5.74) is 1.05.